The number of amides is 2. The number of urea groups is 1. The van der Waals surface area contributed by atoms with Gasteiger partial charge in [-0.05, 0) is 49.5 Å². The van der Waals surface area contributed by atoms with Crippen molar-refractivity contribution < 1.29 is 4.79 Å². The summed E-state index contributed by atoms with van der Waals surface area (Å²) in [6.45, 7) is 3.90. The van der Waals surface area contributed by atoms with Crippen LogP contribution in [-0.2, 0) is 0 Å². The minimum Gasteiger partial charge on any atom is -0.329 e. The predicted octanol–water partition coefficient (Wildman–Crippen LogP) is 3.80. The van der Waals surface area contributed by atoms with Gasteiger partial charge < -0.3 is 10.2 Å². The van der Waals surface area contributed by atoms with Crippen LogP contribution in [0, 0.1) is 0 Å². The molecule has 0 spiro atoms. The smallest absolute Gasteiger partial charge is 0.318 e. The number of likely N-dealkylation sites (tertiary alicyclic amines) is 1. The molecule has 106 valence electrons. The van der Waals surface area contributed by atoms with E-state index in [1.54, 1.807) is 0 Å². The van der Waals surface area contributed by atoms with Crippen LogP contribution in [0.15, 0.2) is 34.3 Å². The third-order valence-electron chi connectivity index (χ3n) is 4.11. The number of carbonyl (C=O) groups is 1. The van der Waals surface area contributed by atoms with E-state index in [0.29, 0.717) is 0 Å². The Bertz CT molecular complexity index is 546. The highest BCUT2D eigenvalue weighted by atomic mass is 79.9. The van der Waals surface area contributed by atoms with E-state index in [1.165, 1.54) is 11.1 Å². The molecule has 2 fully saturated rings. The fourth-order valence-electron chi connectivity index (χ4n) is 2.67. The average Bonchev–Trinajstić information content (AvgIpc) is 2.84. The Hall–Kier alpha value is -1.29. The fraction of sp³-hybridized carbons (Fsp3) is 0.438. The summed E-state index contributed by atoms with van der Waals surface area (Å²) >= 11 is 3.44. The van der Waals surface area contributed by atoms with Gasteiger partial charge in [0.05, 0.1) is 5.54 Å². The van der Waals surface area contributed by atoms with Crippen LogP contribution in [0.25, 0.3) is 6.08 Å². The molecule has 1 aliphatic heterocycles. The zero-order chi connectivity index (χ0) is 14.2. The number of benzene rings is 1. The van der Waals surface area contributed by atoms with E-state index in [2.05, 4.69) is 46.4 Å². The maximum absolute atomic E-state index is 12.1. The first-order valence-corrected chi connectivity index (χ1v) is 7.90. The lowest BCUT2D eigenvalue weighted by atomic mass is 10.2. The van der Waals surface area contributed by atoms with Gasteiger partial charge in [-0.15, -0.1) is 0 Å². The fourth-order valence-corrected chi connectivity index (χ4v) is 2.93. The molecule has 0 bridgehead atoms. The molecule has 20 heavy (non-hydrogen) atoms. The molecule has 2 aliphatic rings. The lowest BCUT2D eigenvalue weighted by molar-refractivity contribution is 0.205. The molecule has 1 heterocycles. The second-order valence-corrected chi connectivity index (χ2v) is 6.77. The SMILES string of the molecule is CC1(NC(=O)N2CCCC2)C/C1=C/c1ccc(Br)cc1. The van der Waals surface area contributed by atoms with Crippen molar-refractivity contribution in [3.63, 3.8) is 0 Å². The van der Waals surface area contributed by atoms with E-state index < -0.39 is 0 Å². The van der Waals surface area contributed by atoms with E-state index >= 15 is 0 Å². The van der Waals surface area contributed by atoms with Crippen LogP contribution in [0.3, 0.4) is 0 Å². The van der Waals surface area contributed by atoms with Crippen LogP contribution in [0.1, 0.15) is 31.7 Å². The first kappa shape index (κ1) is 13.7. The lowest BCUT2D eigenvalue weighted by Gasteiger charge is -2.19. The molecular formula is C16H19BrN2O. The number of carbonyl (C=O) groups excluding carboxylic acids is 1. The van der Waals surface area contributed by atoms with Gasteiger partial charge in [-0.2, -0.15) is 0 Å². The van der Waals surface area contributed by atoms with Crippen LogP contribution in [0.5, 0.6) is 0 Å². The second kappa shape index (κ2) is 5.24. The van der Waals surface area contributed by atoms with Gasteiger partial charge in [0.2, 0.25) is 0 Å². The summed E-state index contributed by atoms with van der Waals surface area (Å²) < 4.78 is 1.08. The predicted molar refractivity (Wildman–Crippen MR) is 84.5 cm³/mol. The molecular weight excluding hydrogens is 316 g/mol. The van der Waals surface area contributed by atoms with Crippen molar-refractivity contribution in [2.24, 2.45) is 0 Å². The highest BCUT2D eigenvalue weighted by Crippen LogP contribution is 2.43. The minimum absolute atomic E-state index is 0.0872. The van der Waals surface area contributed by atoms with Crippen LogP contribution in [0.4, 0.5) is 4.79 Å². The average molecular weight is 335 g/mol. The molecule has 3 nitrogen and oxygen atoms in total. The molecule has 2 amide bonds. The Kier molecular flexibility index (Phi) is 3.59. The first-order valence-electron chi connectivity index (χ1n) is 7.10. The Morgan fingerprint density at radius 1 is 1.30 bits per heavy atom. The normalized spacial score (nSPS) is 26.9. The van der Waals surface area contributed by atoms with Crippen molar-refractivity contribution in [3.8, 4) is 0 Å². The molecule has 0 radical (unpaired) electrons. The van der Waals surface area contributed by atoms with Gasteiger partial charge >= 0.3 is 6.03 Å². The first-order chi connectivity index (χ1) is 9.57. The number of rotatable bonds is 2. The summed E-state index contributed by atoms with van der Waals surface area (Å²) in [7, 11) is 0. The van der Waals surface area contributed by atoms with Crippen LogP contribution < -0.4 is 5.32 Å². The van der Waals surface area contributed by atoms with Crippen molar-refractivity contribution in [2.75, 3.05) is 13.1 Å². The maximum Gasteiger partial charge on any atom is 0.318 e. The third kappa shape index (κ3) is 2.90. The number of halogens is 1. The largest absolute Gasteiger partial charge is 0.329 e. The zero-order valence-corrected chi connectivity index (χ0v) is 13.2. The van der Waals surface area contributed by atoms with Gasteiger partial charge in [-0.25, -0.2) is 4.79 Å². The number of hydrogen-bond acceptors (Lipinski definition) is 1. The summed E-state index contributed by atoms with van der Waals surface area (Å²) in [6.07, 6.45) is 5.39. The minimum atomic E-state index is -0.146. The van der Waals surface area contributed by atoms with E-state index in [1.807, 2.05) is 17.0 Å². The molecule has 3 rings (SSSR count). The number of nitrogens with one attached hydrogen (secondary N) is 1. The molecule has 1 N–H and O–H groups in total. The summed E-state index contributed by atoms with van der Waals surface area (Å²) in [6, 6.07) is 8.32. The van der Waals surface area contributed by atoms with Gasteiger partial charge in [0.1, 0.15) is 0 Å². The molecule has 1 aromatic carbocycles. The Labute approximate surface area is 128 Å². The van der Waals surface area contributed by atoms with E-state index in [9.17, 15) is 4.79 Å². The van der Waals surface area contributed by atoms with Crippen molar-refractivity contribution in [1.29, 1.82) is 0 Å². The molecule has 1 atom stereocenters. The Balaban J connectivity index is 1.64. The molecule has 1 unspecified atom stereocenters. The molecule has 1 aliphatic carbocycles. The van der Waals surface area contributed by atoms with E-state index in [0.717, 1.165) is 36.8 Å². The van der Waals surface area contributed by atoms with Gasteiger partial charge in [-0.1, -0.05) is 34.1 Å². The summed E-state index contributed by atoms with van der Waals surface area (Å²) in [5.74, 6) is 0. The van der Waals surface area contributed by atoms with Crippen molar-refractivity contribution in [3.05, 3.63) is 39.9 Å². The quantitative estimate of drug-likeness (QED) is 0.876. The molecule has 1 aromatic rings. The van der Waals surface area contributed by atoms with Gasteiger partial charge in [0, 0.05) is 17.6 Å². The van der Waals surface area contributed by atoms with Crippen molar-refractivity contribution >= 4 is 28.0 Å². The Morgan fingerprint density at radius 3 is 2.60 bits per heavy atom. The molecule has 4 heteroatoms. The monoisotopic (exact) mass is 334 g/mol. The van der Waals surface area contributed by atoms with Crippen LogP contribution in [-0.4, -0.2) is 29.6 Å². The number of hydrogen-bond donors (Lipinski definition) is 1. The van der Waals surface area contributed by atoms with Crippen molar-refractivity contribution in [1.82, 2.24) is 10.2 Å². The standard InChI is InChI=1S/C16H19BrN2O/c1-16(18-15(20)19-8-2-3-9-19)11-13(16)10-12-4-6-14(17)7-5-12/h4-7,10H,2-3,8-9,11H2,1H3,(H,18,20)/b13-10-. The van der Waals surface area contributed by atoms with Gasteiger partial charge in [-0.3, -0.25) is 0 Å². The second-order valence-electron chi connectivity index (χ2n) is 5.85. The van der Waals surface area contributed by atoms with Crippen LogP contribution in [0.2, 0.25) is 0 Å². The van der Waals surface area contributed by atoms with Crippen LogP contribution >= 0.6 is 15.9 Å². The topological polar surface area (TPSA) is 32.3 Å². The van der Waals surface area contributed by atoms with Gasteiger partial charge in [0.15, 0.2) is 0 Å². The summed E-state index contributed by atoms with van der Waals surface area (Å²) in [5.41, 5.74) is 2.34. The van der Waals surface area contributed by atoms with E-state index in [-0.39, 0.29) is 11.6 Å². The number of nitrogens with zero attached hydrogens (tertiary/aromatic N) is 1. The highest BCUT2D eigenvalue weighted by Gasteiger charge is 2.46. The maximum atomic E-state index is 12.1. The van der Waals surface area contributed by atoms with E-state index in [4.69, 9.17) is 0 Å². The highest BCUT2D eigenvalue weighted by molar-refractivity contribution is 9.10. The third-order valence-corrected chi connectivity index (χ3v) is 4.64. The molecule has 1 saturated carbocycles. The lowest BCUT2D eigenvalue weighted by Crippen LogP contribution is -2.43. The summed E-state index contributed by atoms with van der Waals surface area (Å²) in [4.78, 5) is 14.0. The van der Waals surface area contributed by atoms with Crippen molar-refractivity contribution in [2.45, 2.75) is 31.7 Å². The molecule has 0 aromatic heterocycles. The zero-order valence-electron chi connectivity index (χ0n) is 11.7. The summed E-state index contributed by atoms with van der Waals surface area (Å²) in [5, 5.41) is 3.16. The Morgan fingerprint density at radius 2 is 1.95 bits per heavy atom. The molecule has 1 saturated heterocycles. The van der Waals surface area contributed by atoms with Gasteiger partial charge in [0.25, 0.3) is 0 Å².